The first-order valence-corrected chi connectivity index (χ1v) is 11.1. The lowest BCUT2D eigenvalue weighted by molar-refractivity contribution is -0.126. The molecule has 0 radical (unpaired) electrons. The minimum atomic E-state index is -0.0323. The second kappa shape index (κ2) is 9.39. The van der Waals surface area contributed by atoms with Gasteiger partial charge in [0.1, 0.15) is 0 Å². The van der Waals surface area contributed by atoms with Crippen LogP contribution in [0, 0.1) is 16.6 Å². The molecule has 0 bridgehead atoms. The summed E-state index contributed by atoms with van der Waals surface area (Å²) in [7, 11) is 0. The number of aromatic nitrogens is 2. The number of benzene rings is 2. The maximum atomic E-state index is 12.8. The fourth-order valence-electron chi connectivity index (χ4n) is 4.35. The fourth-order valence-corrected chi connectivity index (χ4v) is 4.62. The van der Waals surface area contributed by atoms with Gasteiger partial charge >= 0.3 is 0 Å². The summed E-state index contributed by atoms with van der Waals surface area (Å²) in [4.78, 5) is 28.5. The summed E-state index contributed by atoms with van der Waals surface area (Å²) in [5.74, 6) is 0.594. The molecule has 156 valence electrons. The van der Waals surface area contributed by atoms with E-state index >= 15 is 0 Å². The Bertz CT molecular complexity index is 1130. The summed E-state index contributed by atoms with van der Waals surface area (Å²) in [5, 5.41) is 3.75. The molecule has 0 aliphatic heterocycles. The summed E-state index contributed by atoms with van der Waals surface area (Å²) in [6.45, 7) is 1.28. The van der Waals surface area contributed by atoms with Crippen molar-refractivity contribution in [2.45, 2.75) is 38.6 Å². The highest BCUT2D eigenvalue weighted by molar-refractivity contribution is 7.71. The molecule has 1 heterocycles. The number of H-pyrrole nitrogens is 1. The number of fused-ring (bicyclic) bond motifs is 1. The van der Waals surface area contributed by atoms with E-state index in [1.165, 1.54) is 5.56 Å². The molecular formula is C24H27N3O2S. The van der Waals surface area contributed by atoms with E-state index in [-0.39, 0.29) is 17.4 Å². The van der Waals surface area contributed by atoms with Crippen molar-refractivity contribution in [1.29, 1.82) is 0 Å². The lowest BCUT2D eigenvalue weighted by Crippen LogP contribution is -2.35. The molecule has 0 saturated heterocycles. The van der Waals surface area contributed by atoms with E-state index in [4.69, 9.17) is 12.2 Å². The Hall–Kier alpha value is -2.73. The van der Waals surface area contributed by atoms with E-state index in [1.54, 1.807) is 4.57 Å². The van der Waals surface area contributed by atoms with Gasteiger partial charge in [-0.05, 0) is 67.9 Å². The van der Waals surface area contributed by atoms with Crippen LogP contribution in [0.1, 0.15) is 31.2 Å². The maximum absolute atomic E-state index is 12.8. The molecule has 0 spiro atoms. The average Bonchev–Trinajstić information content (AvgIpc) is 2.78. The van der Waals surface area contributed by atoms with Gasteiger partial charge in [0.15, 0.2) is 4.77 Å². The van der Waals surface area contributed by atoms with E-state index in [0.717, 1.165) is 37.6 Å². The second-order valence-corrected chi connectivity index (χ2v) is 8.52. The number of aromatic amines is 1. The highest BCUT2D eigenvalue weighted by Gasteiger charge is 2.26. The quantitative estimate of drug-likeness (QED) is 0.586. The van der Waals surface area contributed by atoms with Crippen LogP contribution in [0.2, 0.25) is 0 Å². The van der Waals surface area contributed by atoms with Crippen LogP contribution >= 0.6 is 12.2 Å². The molecule has 1 aliphatic carbocycles. The molecule has 4 rings (SSSR count). The third-order valence-electron chi connectivity index (χ3n) is 6.10. The number of carbonyl (C=O) groups excluding carboxylic acids is 1. The van der Waals surface area contributed by atoms with Crippen molar-refractivity contribution in [2.24, 2.45) is 11.8 Å². The van der Waals surface area contributed by atoms with Gasteiger partial charge in [-0.3, -0.25) is 14.2 Å². The monoisotopic (exact) mass is 421 g/mol. The highest BCUT2D eigenvalue weighted by atomic mass is 32.1. The molecule has 0 unspecified atom stereocenters. The van der Waals surface area contributed by atoms with Crippen molar-refractivity contribution in [3.05, 3.63) is 75.3 Å². The second-order valence-electron chi connectivity index (χ2n) is 8.14. The Labute approximate surface area is 181 Å². The first-order chi connectivity index (χ1) is 14.6. The number of nitrogens with zero attached hydrogens (tertiary/aromatic N) is 1. The summed E-state index contributed by atoms with van der Waals surface area (Å²) in [5.41, 5.74) is 1.98. The fraction of sp³-hybridized carbons (Fsp3) is 0.375. The molecule has 1 amide bonds. The third-order valence-corrected chi connectivity index (χ3v) is 6.43. The zero-order valence-electron chi connectivity index (χ0n) is 17.0. The number of hydrogen-bond acceptors (Lipinski definition) is 3. The molecular weight excluding hydrogens is 394 g/mol. The molecule has 30 heavy (non-hydrogen) atoms. The molecule has 2 N–H and O–H groups in total. The Kier molecular flexibility index (Phi) is 6.43. The SMILES string of the molecule is O=C(NCCc1ccccc1)C1CCC(Cn2c(=S)[nH]c3ccccc3c2=O)CC1. The van der Waals surface area contributed by atoms with Gasteiger partial charge in [-0.2, -0.15) is 0 Å². The van der Waals surface area contributed by atoms with Crippen LogP contribution in [-0.2, 0) is 17.8 Å². The zero-order chi connectivity index (χ0) is 20.9. The molecule has 1 fully saturated rings. The summed E-state index contributed by atoms with van der Waals surface area (Å²) < 4.78 is 2.15. The van der Waals surface area contributed by atoms with E-state index in [2.05, 4.69) is 22.4 Å². The topological polar surface area (TPSA) is 66.9 Å². The first kappa shape index (κ1) is 20.5. The lowest BCUT2D eigenvalue weighted by atomic mass is 9.81. The number of para-hydroxylation sites is 1. The third kappa shape index (κ3) is 4.70. The average molecular weight is 422 g/mol. The Balaban J connectivity index is 1.31. The lowest BCUT2D eigenvalue weighted by Gasteiger charge is -2.28. The van der Waals surface area contributed by atoms with Crippen LogP contribution in [0.5, 0.6) is 0 Å². The minimum absolute atomic E-state index is 0.0323. The van der Waals surface area contributed by atoms with Crippen LogP contribution in [0.25, 0.3) is 10.9 Å². The predicted molar refractivity (Wildman–Crippen MR) is 122 cm³/mol. The summed E-state index contributed by atoms with van der Waals surface area (Å²) >= 11 is 5.43. The number of carbonyl (C=O) groups is 1. The normalized spacial score (nSPS) is 18.9. The molecule has 3 aromatic rings. The van der Waals surface area contributed by atoms with Crippen molar-refractivity contribution in [2.75, 3.05) is 6.54 Å². The van der Waals surface area contributed by atoms with Gasteiger partial charge in [0.05, 0.1) is 10.9 Å². The first-order valence-electron chi connectivity index (χ1n) is 10.7. The summed E-state index contributed by atoms with van der Waals surface area (Å²) in [6, 6.07) is 17.7. The number of nitrogens with one attached hydrogen (secondary N) is 2. The van der Waals surface area contributed by atoms with Gasteiger partial charge in [-0.1, -0.05) is 42.5 Å². The minimum Gasteiger partial charge on any atom is -0.356 e. The van der Waals surface area contributed by atoms with Crippen LogP contribution in [-0.4, -0.2) is 22.0 Å². The molecule has 1 aliphatic rings. The Morgan fingerprint density at radius 3 is 2.50 bits per heavy atom. The van der Waals surface area contributed by atoms with Crippen LogP contribution in [0.4, 0.5) is 0 Å². The number of rotatable bonds is 6. The van der Waals surface area contributed by atoms with Gasteiger partial charge in [-0.25, -0.2) is 0 Å². The molecule has 5 nitrogen and oxygen atoms in total. The maximum Gasteiger partial charge on any atom is 0.262 e. The molecule has 0 atom stereocenters. The number of amides is 1. The van der Waals surface area contributed by atoms with Crippen molar-refractivity contribution in [3.63, 3.8) is 0 Å². The molecule has 2 aromatic carbocycles. The Morgan fingerprint density at radius 2 is 1.73 bits per heavy atom. The Morgan fingerprint density at radius 1 is 1.03 bits per heavy atom. The van der Waals surface area contributed by atoms with Crippen molar-refractivity contribution in [1.82, 2.24) is 14.9 Å². The van der Waals surface area contributed by atoms with Gasteiger partial charge in [-0.15, -0.1) is 0 Å². The standard InChI is InChI=1S/C24H27N3O2S/c28-22(25-15-14-17-6-2-1-3-7-17)19-12-10-18(11-13-19)16-27-23(29)20-8-4-5-9-21(20)26-24(27)30/h1-9,18-19H,10-16H2,(H,25,28)(H,26,30). The van der Waals surface area contributed by atoms with Gasteiger partial charge in [0.2, 0.25) is 5.91 Å². The number of hydrogen-bond donors (Lipinski definition) is 2. The molecule has 6 heteroatoms. The highest BCUT2D eigenvalue weighted by Crippen LogP contribution is 2.30. The smallest absolute Gasteiger partial charge is 0.262 e. The van der Waals surface area contributed by atoms with E-state index in [0.29, 0.717) is 29.2 Å². The zero-order valence-corrected chi connectivity index (χ0v) is 17.8. The van der Waals surface area contributed by atoms with E-state index < -0.39 is 0 Å². The largest absolute Gasteiger partial charge is 0.356 e. The van der Waals surface area contributed by atoms with Crippen LogP contribution in [0.15, 0.2) is 59.4 Å². The molecule has 1 aromatic heterocycles. The van der Waals surface area contributed by atoms with Crippen LogP contribution in [0.3, 0.4) is 0 Å². The molecule has 1 saturated carbocycles. The predicted octanol–water partition coefficient (Wildman–Crippen LogP) is 4.22. The van der Waals surface area contributed by atoms with Gasteiger partial charge < -0.3 is 10.3 Å². The van der Waals surface area contributed by atoms with Crippen molar-refractivity contribution >= 4 is 29.0 Å². The van der Waals surface area contributed by atoms with Crippen molar-refractivity contribution < 1.29 is 4.79 Å². The van der Waals surface area contributed by atoms with E-state index in [9.17, 15) is 9.59 Å². The van der Waals surface area contributed by atoms with Gasteiger partial charge in [0, 0.05) is 19.0 Å². The van der Waals surface area contributed by atoms with Crippen LogP contribution < -0.4 is 10.9 Å². The van der Waals surface area contributed by atoms with E-state index in [1.807, 2.05) is 42.5 Å². The van der Waals surface area contributed by atoms with Gasteiger partial charge in [0.25, 0.3) is 5.56 Å². The summed E-state index contributed by atoms with van der Waals surface area (Å²) in [6.07, 6.45) is 4.45. The van der Waals surface area contributed by atoms with Crippen molar-refractivity contribution in [3.8, 4) is 0 Å².